The molecular formula is C23H21N8O6S2+. The first-order valence-corrected chi connectivity index (χ1v) is 13.3. The van der Waals surface area contributed by atoms with Crippen LogP contribution in [0.5, 0.6) is 0 Å². The van der Waals surface area contributed by atoms with Crippen LogP contribution in [0.1, 0.15) is 5.82 Å². The van der Waals surface area contributed by atoms with Gasteiger partial charge in [0.2, 0.25) is 5.71 Å². The molecule has 5 N–H and O–H groups in total. The molecule has 3 aromatic heterocycles. The van der Waals surface area contributed by atoms with Gasteiger partial charge in [-0.3, -0.25) is 19.3 Å². The smallest absolute Gasteiger partial charge is 0.433 e. The van der Waals surface area contributed by atoms with Crippen molar-refractivity contribution < 1.29 is 33.7 Å². The number of nitrogen functional groups attached to an aromatic ring is 1. The fraction of sp³-hybridized carbons (Fsp3) is 0.217. The maximum atomic E-state index is 13.1. The summed E-state index contributed by atoms with van der Waals surface area (Å²) in [7, 11) is 1.30. The number of anilines is 1. The predicted octanol–water partition coefficient (Wildman–Crippen LogP) is 0.0599. The van der Waals surface area contributed by atoms with E-state index in [2.05, 4.69) is 30.6 Å². The van der Waals surface area contributed by atoms with E-state index in [0.29, 0.717) is 11.3 Å². The SMILES string of the molecule is CNC(=O)ON=C(C(=O)NC1C(=O)N2C(C(=O)O)=C(C[n+]3ccc4sccc4c3)CS[C@H]12)c1nccc(N)n1. The number of hydrogen-bond acceptors (Lipinski definition) is 11. The number of carboxylic acids is 1. The van der Waals surface area contributed by atoms with Crippen molar-refractivity contribution in [3.63, 3.8) is 0 Å². The Morgan fingerprint density at radius 3 is 2.90 bits per heavy atom. The minimum absolute atomic E-state index is 0.0361. The van der Waals surface area contributed by atoms with Crippen molar-refractivity contribution in [1.82, 2.24) is 25.5 Å². The third-order valence-corrected chi connectivity index (χ3v) is 8.12. The Balaban J connectivity index is 1.36. The highest BCUT2D eigenvalue weighted by Gasteiger charge is 2.54. The molecule has 200 valence electrons. The maximum absolute atomic E-state index is 13.1. The van der Waals surface area contributed by atoms with Crippen LogP contribution in [0.15, 0.2) is 58.6 Å². The van der Waals surface area contributed by atoms with Gasteiger partial charge in [-0.15, -0.1) is 23.1 Å². The van der Waals surface area contributed by atoms with Gasteiger partial charge in [-0.1, -0.05) is 5.16 Å². The lowest BCUT2D eigenvalue weighted by Crippen LogP contribution is -2.71. The number of aliphatic carboxylic acids is 1. The number of hydrogen-bond donors (Lipinski definition) is 4. The van der Waals surface area contributed by atoms with Crippen LogP contribution in [0.4, 0.5) is 10.6 Å². The van der Waals surface area contributed by atoms with Gasteiger partial charge >= 0.3 is 12.1 Å². The number of thioether (sulfide) groups is 1. The molecule has 1 fully saturated rings. The van der Waals surface area contributed by atoms with Crippen LogP contribution in [-0.2, 0) is 25.8 Å². The minimum atomic E-state index is -1.24. The van der Waals surface area contributed by atoms with Gasteiger partial charge in [-0.25, -0.2) is 24.1 Å². The number of thiophene rings is 1. The highest BCUT2D eigenvalue weighted by Crippen LogP contribution is 2.40. The topological polar surface area (TPSA) is 193 Å². The molecule has 0 saturated carbocycles. The highest BCUT2D eigenvalue weighted by molar-refractivity contribution is 8.00. The lowest BCUT2D eigenvalue weighted by atomic mass is 10.0. The number of oxime groups is 1. The molecule has 16 heteroatoms. The standard InChI is InChI=1S/C23H20N8O6S2/c1-25-23(36)37-29-15(18-26-5-2-14(24)27-18)19(32)28-16-20(33)31-17(22(34)35)12(10-39-21(16)31)9-30-6-3-13-11(8-30)4-7-38-13/h2-8,16,21H,9-10H2,1H3,(H4-,24,25,26,27,28,32,34,35,36)/p+1/t16?,21-/m1/s1. The van der Waals surface area contributed by atoms with E-state index >= 15 is 0 Å². The number of amides is 3. The van der Waals surface area contributed by atoms with E-state index in [-0.39, 0.29) is 23.9 Å². The van der Waals surface area contributed by atoms with Crippen LogP contribution in [0.3, 0.4) is 0 Å². The second-order valence-electron chi connectivity index (χ2n) is 8.35. The number of rotatable bonds is 7. The Morgan fingerprint density at radius 1 is 1.33 bits per heavy atom. The number of β-lactam (4-membered cyclic amide) rings is 1. The van der Waals surface area contributed by atoms with Gasteiger partial charge in [0.05, 0.1) is 5.39 Å². The normalized spacial score (nSPS) is 18.8. The fourth-order valence-electron chi connectivity index (χ4n) is 4.09. The van der Waals surface area contributed by atoms with Crippen molar-refractivity contribution in [3.8, 4) is 0 Å². The molecule has 14 nitrogen and oxygen atoms in total. The van der Waals surface area contributed by atoms with Crippen LogP contribution in [-0.4, -0.2) is 73.8 Å². The summed E-state index contributed by atoms with van der Waals surface area (Å²) in [6, 6.07) is 4.27. The van der Waals surface area contributed by atoms with E-state index < -0.39 is 41.0 Å². The molecule has 5 heterocycles. The molecule has 0 bridgehead atoms. The number of nitrogens with two attached hydrogens (primary N) is 1. The lowest BCUT2D eigenvalue weighted by Gasteiger charge is -2.49. The second kappa shape index (κ2) is 10.7. The quantitative estimate of drug-likeness (QED) is 0.0994. The molecule has 2 atom stereocenters. The van der Waals surface area contributed by atoms with Crippen molar-refractivity contribution in [1.29, 1.82) is 0 Å². The third kappa shape index (κ3) is 5.10. The lowest BCUT2D eigenvalue weighted by molar-refractivity contribution is -0.687. The van der Waals surface area contributed by atoms with E-state index in [0.717, 1.165) is 10.1 Å². The summed E-state index contributed by atoms with van der Waals surface area (Å²) in [6.07, 6.45) is 4.13. The van der Waals surface area contributed by atoms with E-state index in [1.807, 2.05) is 34.5 Å². The van der Waals surface area contributed by atoms with Crippen LogP contribution in [0.2, 0.25) is 0 Å². The Bertz CT molecular complexity index is 1570. The van der Waals surface area contributed by atoms with Crippen molar-refractivity contribution in [2.45, 2.75) is 18.0 Å². The molecule has 0 spiro atoms. The zero-order chi connectivity index (χ0) is 27.7. The van der Waals surface area contributed by atoms with Crippen LogP contribution in [0, 0.1) is 0 Å². The summed E-state index contributed by atoms with van der Waals surface area (Å²) >= 11 is 2.93. The molecule has 1 unspecified atom stereocenters. The van der Waals surface area contributed by atoms with Crippen molar-refractivity contribution in [2.24, 2.45) is 5.16 Å². The van der Waals surface area contributed by atoms with E-state index in [4.69, 9.17) is 5.73 Å². The number of carboxylic acid groups (broad SMARTS) is 1. The second-order valence-corrected chi connectivity index (χ2v) is 10.4. The zero-order valence-corrected chi connectivity index (χ0v) is 21.9. The number of carbonyl (C=O) groups is 4. The van der Waals surface area contributed by atoms with Crippen molar-refractivity contribution in [2.75, 3.05) is 18.5 Å². The Kier molecular flexibility index (Phi) is 7.12. The molecule has 2 aliphatic heterocycles. The van der Waals surface area contributed by atoms with Crippen molar-refractivity contribution in [3.05, 3.63) is 59.3 Å². The number of aromatic nitrogens is 3. The first-order valence-electron chi connectivity index (χ1n) is 11.4. The number of pyridine rings is 1. The molecule has 0 radical (unpaired) electrons. The average molecular weight is 570 g/mol. The van der Waals surface area contributed by atoms with Crippen LogP contribution >= 0.6 is 23.1 Å². The van der Waals surface area contributed by atoms with Gasteiger partial charge in [-0.05, 0) is 17.5 Å². The van der Waals surface area contributed by atoms with Crippen LogP contribution in [0.25, 0.3) is 10.1 Å². The fourth-order valence-corrected chi connectivity index (χ4v) is 6.19. The van der Waals surface area contributed by atoms with Gasteiger partial charge in [0, 0.05) is 35.3 Å². The molecule has 3 aromatic rings. The molecule has 0 aromatic carbocycles. The molecule has 5 rings (SSSR count). The average Bonchev–Trinajstić information content (AvgIpc) is 3.39. The van der Waals surface area contributed by atoms with Crippen molar-refractivity contribution >= 4 is 68.6 Å². The van der Waals surface area contributed by atoms with Gasteiger partial charge in [0.1, 0.15) is 22.9 Å². The monoisotopic (exact) mass is 569 g/mol. The summed E-state index contributed by atoms with van der Waals surface area (Å²) in [5.41, 5.74) is 5.64. The summed E-state index contributed by atoms with van der Waals surface area (Å²) < 4.78 is 2.99. The van der Waals surface area contributed by atoms with Gasteiger partial charge in [-0.2, -0.15) is 0 Å². The van der Waals surface area contributed by atoms with E-state index in [1.165, 1.54) is 36.0 Å². The summed E-state index contributed by atoms with van der Waals surface area (Å²) in [4.78, 5) is 63.7. The minimum Gasteiger partial charge on any atom is -0.477 e. The highest BCUT2D eigenvalue weighted by atomic mass is 32.2. The number of fused-ring (bicyclic) bond motifs is 2. The van der Waals surface area contributed by atoms with Gasteiger partial charge < -0.3 is 21.5 Å². The summed E-state index contributed by atoms with van der Waals surface area (Å²) in [6.45, 7) is 0.286. The molecule has 2 aliphatic rings. The molecule has 3 amide bonds. The Labute approximate surface area is 228 Å². The first-order chi connectivity index (χ1) is 18.8. The summed E-state index contributed by atoms with van der Waals surface area (Å²) in [5.74, 6) is -2.61. The largest absolute Gasteiger partial charge is 0.477 e. The predicted molar refractivity (Wildman–Crippen MR) is 140 cm³/mol. The maximum Gasteiger partial charge on any atom is 0.433 e. The molecule has 39 heavy (non-hydrogen) atoms. The van der Waals surface area contributed by atoms with Gasteiger partial charge in [0.15, 0.2) is 24.8 Å². The Morgan fingerprint density at radius 2 is 2.15 bits per heavy atom. The molecular weight excluding hydrogens is 548 g/mol. The molecule has 0 aliphatic carbocycles. The third-order valence-electron chi connectivity index (χ3n) is 5.89. The number of nitrogens with zero attached hydrogens (tertiary/aromatic N) is 5. The Hall–Kier alpha value is -4.57. The number of carbonyl (C=O) groups excluding carboxylic acids is 3. The molecule has 1 saturated heterocycles. The van der Waals surface area contributed by atoms with E-state index in [9.17, 15) is 24.3 Å². The first kappa shape index (κ1) is 26.1. The number of nitrogens with one attached hydrogen (secondary N) is 2. The van der Waals surface area contributed by atoms with Crippen LogP contribution < -0.4 is 20.9 Å². The zero-order valence-electron chi connectivity index (χ0n) is 20.2. The van der Waals surface area contributed by atoms with Gasteiger partial charge in [0.25, 0.3) is 11.8 Å². The van der Waals surface area contributed by atoms with E-state index in [1.54, 1.807) is 11.3 Å². The summed E-state index contributed by atoms with van der Waals surface area (Å²) in [5, 5.41) is 20.6.